The molecule has 0 fully saturated rings. The monoisotopic (exact) mass is 1160 g/mol. The van der Waals surface area contributed by atoms with Gasteiger partial charge >= 0.3 is 0 Å². The lowest BCUT2D eigenvalue weighted by molar-refractivity contribution is 1.07. The lowest BCUT2D eigenvalue weighted by Crippen LogP contribution is -2.07. The molecule has 430 valence electrons. The van der Waals surface area contributed by atoms with Gasteiger partial charge in [-0.25, -0.2) is 15.0 Å². The van der Waals surface area contributed by atoms with Crippen molar-refractivity contribution in [3.8, 4) is 107 Å². The van der Waals surface area contributed by atoms with Crippen LogP contribution in [0, 0.1) is 66.7 Å². The molecule has 0 saturated carbocycles. The molecule has 0 aliphatic rings. The van der Waals surface area contributed by atoms with Crippen LogP contribution in [0.5, 0.6) is 0 Å². The number of nitriles is 1. The van der Waals surface area contributed by atoms with E-state index in [1.54, 1.807) is 0 Å². The first-order valence-electron chi connectivity index (χ1n) is 30.8. The molecule has 12 aromatic carbocycles. The molecular weight excluding hydrogens is 1090 g/mol. The summed E-state index contributed by atoms with van der Waals surface area (Å²) in [5.41, 5.74) is 29.3. The molecule has 0 aliphatic heterocycles. The van der Waals surface area contributed by atoms with Crippen LogP contribution in [0.4, 0.5) is 0 Å². The lowest BCUT2D eigenvalue weighted by Gasteiger charge is -2.22. The van der Waals surface area contributed by atoms with Crippen LogP contribution in [0.15, 0.2) is 243 Å². The number of aryl methyl sites for hydroxylation is 8. The Morgan fingerprint density at radius 3 is 0.911 bits per heavy atom. The molecule has 0 radical (unpaired) electrons. The molecule has 0 aliphatic carbocycles. The van der Waals surface area contributed by atoms with Gasteiger partial charge in [0.1, 0.15) is 0 Å². The summed E-state index contributed by atoms with van der Waals surface area (Å²) in [7, 11) is 0. The zero-order valence-electron chi connectivity index (χ0n) is 51.8. The van der Waals surface area contributed by atoms with Crippen molar-refractivity contribution in [2.24, 2.45) is 0 Å². The number of hydrogen-bond acceptors (Lipinski definition) is 4. The number of hydrogen-bond donors (Lipinski definition) is 0. The van der Waals surface area contributed by atoms with Crippen molar-refractivity contribution in [1.29, 1.82) is 5.26 Å². The quantitative estimate of drug-likeness (QED) is 0.137. The minimum Gasteiger partial charge on any atom is -0.309 e. The van der Waals surface area contributed by atoms with Crippen LogP contribution in [-0.2, 0) is 0 Å². The molecule has 0 N–H and O–H groups in total. The summed E-state index contributed by atoms with van der Waals surface area (Å²) >= 11 is 0. The molecule has 3 aromatic heterocycles. The molecule has 6 heteroatoms. The molecule has 0 spiro atoms. The van der Waals surface area contributed by atoms with E-state index in [-0.39, 0.29) is 0 Å². The second-order valence-corrected chi connectivity index (χ2v) is 24.7. The first-order valence-corrected chi connectivity index (χ1v) is 30.8. The van der Waals surface area contributed by atoms with E-state index in [1.165, 1.54) is 66.8 Å². The average Bonchev–Trinajstić information content (AvgIpc) is 1.51. The third-order valence-corrected chi connectivity index (χ3v) is 17.6. The SMILES string of the molecule is Cc1cc(C)cc(-c2ccc3c(c2)c2cc(-c4cc(C)cc(C)c4)ccc2n3-c2cccc(C#N)c2-c2c(-c3nc(-c4ccccc4)nc(-c4ccccc4)n3)cccc2-n2c3ccc(-c4cc(C)cc(C)c4)cc3c3cc(-c4cc(C)cc(C)c4)ccc32)c1. The van der Waals surface area contributed by atoms with E-state index in [4.69, 9.17) is 15.0 Å². The minimum atomic E-state index is 0.478. The average molecular weight is 1160 g/mol. The van der Waals surface area contributed by atoms with Crippen LogP contribution in [0.2, 0.25) is 0 Å². The highest BCUT2D eigenvalue weighted by atomic mass is 15.0. The first kappa shape index (κ1) is 55.3. The van der Waals surface area contributed by atoms with Crippen LogP contribution >= 0.6 is 0 Å². The molecule has 0 saturated heterocycles. The van der Waals surface area contributed by atoms with Gasteiger partial charge in [0.05, 0.1) is 45.1 Å². The Balaban J connectivity index is 1.07. The van der Waals surface area contributed by atoms with E-state index in [2.05, 4.69) is 240 Å². The van der Waals surface area contributed by atoms with Gasteiger partial charge in [-0.15, -0.1) is 0 Å². The molecule has 0 atom stereocenters. The normalized spacial score (nSPS) is 11.5. The Hall–Kier alpha value is -11.3. The number of benzene rings is 12. The summed E-state index contributed by atoms with van der Waals surface area (Å²) in [6.07, 6.45) is 0. The highest BCUT2D eigenvalue weighted by Gasteiger charge is 2.28. The Labute approximate surface area is 525 Å². The zero-order valence-corrected chi connectivity index (χ0v) is 51.8. The van der Waals surface area contributed by atoms with Gasteiger partial charge in [-0.3, -0.25) is 0 Å². The van der Waals surface area contributed by atoms with Crippen LogP contribution in [-0.4, -0.2) is 24.1 Å². The van der Waals surface area contributed by atoms with Crippen molar-refractivity contribution in [2.45, 2.75) is 55.4 Å². The summed E-state index contributed by atoms with van der Waals surface area (Å²) in [4.78, 5) is 16.2. The lowest BCUT2D eigenvalue weighted by atomic mass is 9.91. The third kappa shape index (κ3) is 9.91. The number of nitrogens with zero attached hydrogens (tertiary/aromatic N) is 6. The molecule has 0 amide bonds. The second-order valence-electron chi connectivity index (χ2n) is 24.7. The van der Waals surface area contributed by atoms with Gasteiger partial charge < -0.3 is 9.13 Å². The summed E-state index contributed by atoms with van der Waals surface area (Å²) < 4.78 is 4.79. The standard InChI is InChI=1S/C84H64N6/c1-50-33-51(2)38-65(37-50)60-25-29-74-70(45-60)71-46-61(66-39-52(3)34-53(4)40-66)26-30-75(71)89(74)78-23-15-21-64(49-85)80(78)81-69(84-87-82(58-17-11-9-12-18-58)86-83(88-84)59-19-13-10-14-20-59)22-16-24-79(81)90-76-31-27-62(67-41-54(5)35-55(6)42-67)47-72(76)73-48-63(28-32-77(73)90)68-43-56(7)36-57(8)44-68/h9-48H,1-8H3. The van der Waals surface area contributed by atoms with Gasteiger partial charge in [0.2, 0.25) is 0 Å². The fourth-order valence-electron chi connectivity index (χ4n) is 14.0. The van der Waals surface area contributed by atoms with E-state index in [9.17, 15) is 5.26 Å². The molecule has 15 aromatic rings. The number of fused-ring (bicyclic) bond motifs is 6. The van der Waals surface area contributed by atoms with E-state index in [0.29, 0.717) is 23.0 Å². The third-order valence-electron chi connectivity index (χ3n) is 17.6. The predicted octanol–water partition coefficient (Wildman–Crippen LogP) is 21.7. The highest BCUT2D eigenvalue weighted by molar-refractivity contribution is 6.15. The van der Waals surface area contributed by atoms with Crippen molar-refractivity contribution in [1.82, 2.24) is 24.1 Å². The van der Waals surface area contributed by atoms with Crippen molar-refractivity contribution in [2.75, 3.05) is 0 Å². The fraction of sp³-hybridized carbons (Fsp3) is 0.0952. The minimum absolute atomic E-state index is 0.478. The van der Waals surface area contributed by atoms with Crippen LogP contribution in [0.3, 0.4) is 0 Å². The van der Waals surface area contributed by atoms with Crippen molar-refractivity contribution >= 4 is 43.6 Å². The molecule has 15 rings (SSSR count). The van der Waals surface area contributed by atoms with Gasteiger partial charge in [0.25, 0.3) is 0 Å². The van der Waals surface area contributed by atoms with E-state index in [0.717, 1.165) is 105 Å². The largest absolute Gasteiger partial charge is 0.309 e. The van der Waals surface area contributed by atoms with E-state index >= 15 is 0 Å². The van der Waals surface area contributed by atoms with Crippen LogP contribution in [0.1, 0.15) is 50.1 Å². The molecule has 6 nitrogen and oxygen atoms in total. The Kier molecular flexibility index (Phi) is 13.6. The van der Waals surface area contributed by atoms with Gasteiger partial charge in [-0.05, 0) is 167 Å². The summed E-state index contributed by atoms with van der Waals surface area (Å²) in [5, 5.41) is 16.3. The number of aromatic nitrogens is 5. The van der Waals surface area contributed by atoms with E-state index < -0.39 is 0 Å². The van der Waals surface area contributed by atoms with Gasteiger partial charge in [0, 0.05) is 49.4 Å². The molecule has 3 heterocycles. The van der Waals surface area contributed by atoms with Crippen LogP contribution < -0.4 is 0 Å². The van der Waals surface area contributed by atoms with Gasteiger partial charge in [-0.1, -0.05) is 220 Å². The maximum Gasteiger partial charge on any atom is 0.164 e. The topological polar surface area (TPSA) is 72.3 Å². The summed E-state index contributed by atoms with van der Waals surface area (Å²) in [6.45, 7) is 17.4. The maximum absolute atomic E-state index is 11.9. The Bertz CT molecular complexity index is 5110. The van der Waals surface area contributed by atoms with Crippen molar-refractivity contribution in [3.63, 3.8) is 0 Å². The van der Waals surface area contributed by atoms with Gasteiger partial charge in [-0.2, -0.15) is 5.26 Å². The van der Waals surface area contributed by atoms with Crippen molar-refractivity contribution in [3.05, 3.63) is 293 Å². The van der Waals surface area contributed by atoms with E-state index in [1.807, 2.05) is 72.8 Å². The summed E-state index contributed by atoms with van der Waals surface area (Å²) in [6, 6.07) is 90.4. The smallest absolute Gasteiger partial charge is 0.164 e. The second kappa shape index (κ2) is 22.2. The fourth-order valence-corrected chi connectivity index (χ4v) is 14.0. The van der Waals surface area contributed by atoms with Crippen molar-refractivity contribution < 1.29 is 0 Å². The Morgan fingerprint density at radius 2 is 0.578 bits per heavy atom. The molecule has 90 heavy (non-hydrogen) atoms. The maximum atomic E-state index is 11.9. The summed E-state index contributed by atoms with van der Waals surface area (Å²) in [5.74, 6) is 1.56. The molecular formula is C84H64N6. The number of rotatable bonds is 10. The van der Waals surface area contributed by atoms with Crippen LogP contribution in [0.25, 0.3) is 145 Å². The molecule has 0 unspecified atom stereocenters. The zero-order chi connectivity index (χ0) is 61.5. The predicted molar refractivity (Wildman–Crippen MR) is 375 cm³/mol. The highest BCUT2D eigenvalue weighted by Crippen LogP contribution is 2.48. The first-order chi connectivity index (χ1) is 43.8. The van der Waals surface area contributed by atoms with Gasteiger partial charge in [0.15, 0.2) is 17.5 Å². The molecule has 0 bridgehead atoms. The Morgan fingerprint density at radius 1 is 0.267 bits per heavy atom.